The molecule has 7 heteroatoms. The Morgan fingerprint density at radius 2 is 1.88 bits per heavy atom. The van der Waals surface area contributed by atoms with Crippen LogP contribution in [0.3, 0.4) is 0 Å². The number of hydrogen-bond donors (Lipinski definition) is 1. The van der Waals surface area contributed by atoms with E-state index in [1.54, 1.807) is 24.7 Å². The number of halogens is 2. The van der Waals surface area contributed by atoms with E-state index in [0.29, 0.717) is 21.6 Å². The SMILES string of the molecule is CNc1nc(-c2cnccn2)nc2cc(-c3cccc(Cl)c3Cl)ccc12. The molecule has 4 rings (SSSR count). The van der Waals surface area contributed by atoms with Crippen LogP contribution in [0, 0.1) is 0 Å². The normalized spacial score (nSPS) is 10.9. The van der Waals surface area contributed by atoms with Gasteiger partial charge in [-0.1, -0.05) is 41.4 Å². The summed E-state index contributed by atoms with van der Waals surface area (Å²) in [6.07, 6.45) is 4.87. The van der Waals surface area contributed by atoms with E-state index in [4.69, 9.17) is 23.2 Å². The molecule has 4 aromatic rings. The Kier molecular flexibility index (Phi) is 4.41. The van der Waals surface area contributed by atoms with Crippen LogP contribution < -0.4 is 5.32 Å². The minimum Gasteiger partial charge on any atom is -0.373 e. The maximum Gasteiger partial charge on any atom is 0.182 e. The summed E-state index contributed by atoms with van der Waals surface area (Å²) in [6.45, 7) is 0. The highest BCUT2D eigenvalue weighted by molar-refractivity contribution is 6.43. The van der Waals surface area contributed by atoms with Gasteiger partial charge in [0.15, 0.2) is 5.82 Å². The molecule has 0 aliphatic rings. The first kappa shape index (κ1) is 16.7. The summed E-state index contributed by atoms with van der Waals surface area (Å²) in [5.74, 6) is 1.23. The zero-order chi connectivity index (χ0) is 18.1. The number of aromatic nitrogens is 4. The average Bonchev–Trinajstić information content (AvgIpc) is 2.69. The van der Waals surface area contributed by atoms with Crippen LogP contribution in [0.5, 0.6) is 0 Å². The monoisotopic (exact) mass is 381 g/mol. The summed E-state index contributed by atoms with van der Waals surface area (Å²) < 4.78 is 0. The molecule has 0 aliphatic heterocycles. The summed E-state index contributed by atoms with van der Waals surface area (Å²) in [4.78, 5) is 17.6. The minimum atomic E-state index is 0.504. The number of fused-ring (bicyclic) bond motifs is 1. The number of rotatable bonds is 3. The van der Waals surface area contributed by atoms with Gasteiger partial charge in [0, 0.05) is 30.4 Å². The molecule has 0 amide bonds. The van der Waals surface area contributed by atoms with Gasteiger partial charge >= 0.3 is 0 Å². The largest absolute Gasteiger partial charge is 0.373 e. The second-order valence-corrected chi connectivity index (χ2v) is 6.35. The molecule has 0 saturated heterocycles. The van der Waals surface area contributed by atoms with Crippen LogP contribution in [0.25, 0.3) is 33.5 Å². The third kappa shape index (κ3) is 2.96. The zero-order valence-electron chi connectivity index (χ0n) is 13.7. The highest BCUT2D eigenvalue weighted by atomic mass is 35.5. The molecule has 26 heavy (non-hydrogen) atoms. The van der Waals surface area contributed by atoms with Gasteiger partial charge in [-0.3, -0.25) is 4.98 Å². The fourth-order valence-corrected chi connectivity index (χ4v) is 3.15. The highest BCUT2D eigenvalue weighted by Gasteiger charge is 2.12. The Morgan fingerprint density at radius 1 is 1.00 bits per heavy atom. The quantitative estimate of drug-likeness (QED) is 0.534. The van der Waals surface area contributed by atoms with E-state index in [9.17, 15) is 0 Å². The van der Waals surface area contributed by atoms with Gasteiger partial charge in [-0.25, -0.2) is 15.0 Å². The molecule has 0 unspecified atom stereocenters. The van der Waals surface area contributed by atoms with Gasteiger partial charge in [0.25, 0.3) is 0 Å². The molecule has 0 saturated carbocycles. The van der Waals surface area contributed by atoms with Crippen molar-refractivity contribution < 1.29 is 0 Å². The van der Waals surface area contributed by atoms with Crippen LogP contribution in [-0.4, -0.2) is 27.0 Å². The van der Waals surface area contributed by atoms with Crippen molar-refractivity contribution in [1.82, 2.24) is 19.9 Å². The van der Waals surface area contributed by atoms with E-state index in [1.165, 1.54) is 0 Å². The van der Waals surface area contributed by atoms with Crippen LogP contribution in [0.4, 0.5) is 5.82 Å². The smallest absolute Gasteiger partial charge is 0.182 e. The Morgan fingerprint density at radius 3 is 2.65 bits per heavy atom. The third-order valence-electron chi connectivity index (χ3n) is 3.99. The summed E-state index contributed by atoms with van der Waals surface area (Å²) in [7, 11) is 1.82. The molecule has 0 spiro atoms. The van der Waals surface area contributed by atoms with Gasteiger partial charge in [-0.2, -0.15) is 0 Å². The van der Waals surface area contributed by atoms with E-state index >= 15 is 0 Å². The number of benzene rings is 2. The second-order valence-electron chi connectivity index (χ2n) is 5.57. The predicted octanol–water partition coefficient (Wildman–Crippen LogP) is 5.10. The van der Waals surface area contributed by atoms with Crippen LogP contribution in [0.1, 0.15) is 0 Å². The molecule has 2 aromatic heterocycles. The third-order valence-corrected chi connectivity index (χ3v) is 4.81. The summed E-state index contributed by atoms with van der Waals surface area (Å²) in [6, 6.07) is 11.5. The molecule has 128 valence electrons. The van der Waals surface area contributed by atoms with E-state index in [2.05, 4.69) is 25.3 Å². The predicted molar refractivity (Wildman–Crippen MR) is 106 cm³/mol. The molecular weight excluding hydrogens is 369 g/mol. The van der Waals surface area contributed by atoms with Gasteiger partial charge < -0.3 is 5.32 Å². The lowest BCUT2D eigenvalue weighted by atomic mass is 10.0. The van der Waals surface area contributed by atoms with Crippen molar-refractivity contribution in [1.29, 1.82) is 0 Å². The first-order valence-corrected chi connectivity index (χ1v) is 8.63. The fraction of sp³-hybridized carbons (Fsp3) is 0.0526. The Bertz CT molecular complexity index is 1100. The number of hydrogen-bond acceptors (Lipinski definition) is 5. The first-order valence-electron chi connectivity index (χ1n) is 7.87. The molecule has 0 radical (unpaired) electrons. The molecule has 0 atom stereocenters. The lowest BCUT2D eigenvalue weighted by Gasteiger charge is -2.10. The topological polar surface area (TPSA) is 63.6 Å². The molecule has 2 aromatic carbocycles. The number of nitrogens with zero attached hydrogens (tertiary/aromatic N) is 4. The second kappa shape index (κ2) is 6.86. The summed E-state index contributed by atoms with van der Waals surface area (Å²) in [5.41, 5.74) is 3.17. The van der Waals surface area contributed by atoms with Gasteiger partial charge in [0.05, 0.1) is 21.8 Å². The van der Waals surface area contributed by atoms with Gasteiger partial charge in [0.1, 0.15) is 11.5 Å². The molecule has 1 N–H and O–H groups in total. The molecular formula is C19H13Cl2N5. The van der Waals surface area contributed by atoms with Crippen LogP contribution in [0.15, 0.2) is 55.0 Å². The Labute approximate surface area is 160 Å². The van der Waals surface area contributed by atoms with Crippen molar-refractivity contribution in [2.24, 2.45) is 0 Å². The van der Waals surface area contributed by atoms with E-state index in [1.807, 2.05) is 37.4 Å². The van der Waals surface area contributed by atoms with Crippen LogP contribution >= 0.6 is 23.2 Å². The molecule has 0 bridgehead atoms. The lowest BCUT2D eigenvalue weighted by molar-refractivity contribution is 1.13. The molecule has 2 heterocycles. The van der Waals surface area contributed by atoms with Crippen molar-refractivity contribution in [3.05, 3.63) is 65.0 Å². The van der Waals surface area contributed by atoms with Crippen molar-refractivity contribution in [2.45, 2.75) is 0 Å². The minimum absolute atomic E-state index is 0.504. The van der Waals surface area contributed by atoms with Crippen molar-refractivity contribution in [2.75, 3.05) is 12.4 Å². The maximum absolute atomic E-state index is 6.37. The number of anilines is 1. The van der Waals surface area contributed by atoms with E-state index < -0.39 is 0 Å². The van der Waals surface area contributed by atoms with Crippen LogP contribution in [-0.2, 0) is 0 Å². The van der Waals surface area contributed by atoms with Gasteiger partial charge in [-0.05, 0) is 23.8 Å². The Balaban J connectivity index is 1.93. The van der Waals surface area contributed by atoms with Gasteiger partial charge in [-0.15, -0.1) is 0 Å². The van der Waals surface area contributed by atoms with Crippen molar-refractivity contribution in [3.63, 3.8) is 0 Å². The maximum atomic E-state index is 6.37. The standard InChI is InChI=1S/C19H13Cl2N5/c1-22-18-13-6-5-11(12-3-2-4-14(20)17(12)21)9-15(13)25-19(26-18)16-10-23-7-8-24-16/h2-10H,1H3,(H,22,25,26). The van der Waals surface area contributed by atoms with Crippen molar-refractivity contribution in [3.8, 4) is 22.6 Å². The zero-order valence-corrected chi connectivity index (χ0v) is 15.3. The highest BCUT2D eigenvalue weighted by Crippen LogP contribution is 2.35. The lowest BCUT2D eigenvalue weighted by Crippen LogP contribution is -2.00. The average molecular weight is 382 g/mol. The molecule has 0 fully saturated rings. The van der Waals surface area contributed by atoms with E-state index in [0.717, 1.165) is 27.8 Å². The fourth-order valence-electron chi connectivity index (χ4n) is 2.74. The number of nitrogens with one attached hydrogen (secondary N) is 1. The van der Waals surface area contributed by atoms with Crippen molar-refractivity contribution >= 4 is 39.9 Å². The molecule has 5 nitrogen and oxygen atoms in total. The summed E-state index contributed by atoms with van der Waals surface area (Å²) in [5, 5.41) is 5.05. The molecule has 0 aliphatic carbocycles. The van der Waals surface area contributed by atoms with Crippen LogP contribution in [0.2, 0.25) is 10.0 Å². The Hall–Kier alpha value is -2.76. The van der Waals surface area contributed by atoms with Gasteiger partial charge in [0.2, 0.25) is 0 Å². The summed E-state index contributed by atoms with van der Waals surface area (Å²) >= 11 is 12.5. The first-order chi connectivity index (χ1) is 12.7. The van der Waals surface area contributed by atoms with E-state index in [-0.39, 0.29) is 0 Å².